The van der Waals surface area contributed by atoms with Gasteiger partial charge in [-0.25, -0.2) is 8.78 Å². The van der Waals surface area contributed by atoms with E-state index in [4.69, 9.17) is 0 Å². The van der Waals surface area contributed by atoms with Crippen LogP contribution in [-0.4, -0.2) is 0 Å². The molecule has 0 atom stereocenters. The fraction of sp³-hybridized carbons (Fsp3) is 0. The van der Waals surface area contributed by atoms with Gasteiger partial charge in [0.05, 0.1) is 5.69 Å². The summed E-state index contributed by atoms with van der Waals surface area (Å²) in [5.41, 5.74) is 0.864. The second kappa shape index (κ2) is 4.09. The van der Waals surface area contributed by atoms with Crippen LogP contribution in [0.25, 0.3) is 0 Å². The summed E-state index contributed by atoms with van der Waals surface area (Å²) in [5, 5.41) is 2.80. The molecule has 15 heavy (non-hydrogen) atoms. The Morgan fingerprint density at radius 2 is 1.67 bits per heavy atom. The first-order valence-corrected chi connectivity index (χ1v) is 4.53. The van der Waals surface area contributed by atoms with Crippen molar-refractivity contribution in [2.24, 2.45) is 0 Å². The number of nitrogens with one attached hydrogen (secondary N) is 1. The van der Waals surface area contributed by atoms with Crippen molar-refractivity contribution in [1.29, 1.82) is 0 Å². The van der Waals surface area contributed by atoms with Crippen molar-refractivity contribution in [2.45, 2.75) is 0 Å². The molecule has 0 aromatic heterocycles. The van der Waals surface area contributed by atoms with Crippen LogP contribution in [0.15, 0.2) is 48.5 Å². The zero-order valence-corrected chi connectivity index (χ0v) is 7.87. The molecule has 0 unspecified atom stereocenters. The summed E-state index contributed by atoms with van der Waals surface area (Å²) in [6.45, 7) is 0. The van der Waals surface area contributed by atoms with Crippen molar-refractivity contribution in [3.05, 3.63) is 60.2 Å². The number of halogens is 2. The van der Waals surface area contributed by atoms with Gasteiger partial charge in [-0.3, -0.25) is 0 Å². The van der Waals surface area contributed by atoms with Crippen LogP contribution in [-0.2, 0) is 0 Å². The van der Waals surface area contributed by atoms with Gasteiger partial charge in [0.1, 0.15) is 11.6 Å². The van der Waals surface area contributed by atoms with Gasteiger partial charge >= 0.3 is 0 Å². The predicted molar refractivity (Wildman–Crippen MR) is 56.1 cm³/mol. The molecule has 1 N–H and O–H groups in total. The van der Waals surface area contributed by atoms with Crippen LogP contribution >= 0.6 is 0 Å². The Morgan fingerprint density at radius 3 is 2.40 bits per heavy atom. The molecule has 3 heteroatoms. The molecule has 2 aromatic rings. The van der Waals surface area contributed by atoms with E-state index in [0.717, 1.165) is 0 Å². The average molecular weight is 205 g/mol. The van der Waals surface area contributed by atoms with E-state index < -0.39 is 0 Å². The van der Waals surface area contributed by atoms with Crippen molar-refractivity contribution in [2.75, 3.05) is 5.32 Å². The Morgan fingerprint density at radius 1 is 0.867 bits per heavy atom. The Balaban J connectivity index is 2.26. The Hall–Kier alpha value is -1.90. The van der Waals surface area contributed by atoms with Crippen LogP contribution in [0.3, 0.4) is 0 Å². The van der Waals surface area contributed by atoms with E-state index in [1.54, 1.807) is 30.3 Å². The topological polar surface area (TPSA) is 12.0 Å². The molecule has 0 aliphatic carbocycles. The summed E-state index contributed by atoms with van der Waals surface area (Å²) in [7, 11) is 0. The van der Waals surface area contributed by atoms with Crippen LogP contribution < -0.4 is 5.32 Å². The lowest BCUT2D eigenvalue weighted by Crippen LogP contribution is -1.93. The minimum Gasteiger partial charge on any atom is -0.353 e. The summed E-state index contributed by atoms with van der Waals surface area (Å²) in [4.78, 5) is 0. The van der Waals surface area contributed by atoms with E-state index in [1.807, 2.05) is 0 Å². The predicted octanol–water partition coefficient (Wildman–Crippen LogP) is 3.71. The summed E-state index contributed by atoms with van der Waals surface area (Å²) < 4.78 is 26.1. The number of hydrogen-bond donors (Lipinski definition) is 1. The molecule has 1 nitrogen and oxygen atoms in total. The molecule has 0 spiro atoms. The van der Waals surface area contributed by atoms with E-state index in [0.29, 0.717) is 11.4 Å². The fourth-order valence-electron chi connectivity index (χ4n) is 1.28. The number of para-hydroxylation sites is 1. The Labute approximate surface area is 86.4 Å². The number of benzene rings is 2. The van der Waals surface area contributed by atoms with E-state index >= 15 is 0 Å². The third-order valence-corrected chi connectivity index (χ3v) is 1.98. The number of rotatable bonds is 2. The van der Waals surface area contributed by atoms with Crippen LogP contribution in [0.4, 0.5) is 20.2 Å². The zero-order valence-electron chi connectivity index (χ0n) is 7.87. The van der Waals surface area contributed by atoms with Crippen molar-refractivity contribution >= 4 is 11.4 Å². The van der Waals surface area contributed by atoms with E-state index in [9.17, 15) is 8.78 Å². The highest BCUT2D eigenvalue weighted by Gasteiger charge is 2.00. The third kappa shape index (κ3) is 2.31. The zero-order chi connectivity index (χ0) is 10.7. The minimum atomic E-state index is -0.359. The van der Waals surface area contributed by atoms with Gasteiger partial charge in [0.15, 0.2) is 0 Å². The summed E-state index contributed by atoms with van der Waals surface area (Å²) >= 11 is 0. The van der Waals surface area contributed by atoms with Gasteiger partial charge in [-0.2, -0.15) is 0 Å². The normalized spacial score (nSPS) is 10.0. The quantitative estimate of drug-likeness (QED) is 0.788. The van der Waals surface area contributed by atoms with Crippen molar-refractivity contribution in [1.82, 2.24) is 0 Å². The molecule has 0 bridgehead atoms. The van der Waals surface area contributed by atoms with Gasteiger partial charge in [0.2, 0.25) is 0 Å². The van der Waals surface area contributed by atoms with Gasteiger partial charge in [0.25, 0.3) is 0 Å². The highest BCUT2D eigenvalue weighted by Crippen LogP contribution is 2.19. The van der Waals surface area contributed by atoms with Gasteiger partial charge in [-0.15, -0.1) is 0 Å². The van der Waals surface area contributed by atoms with E-state index in [2.05, 4.69) is 5.32 Å². The monoisotopic (exact) mass is 205 g/mol. The summed E-state index contributed by atoms with van der Waals surface area (Å²) in [5.74, 6) is -0.710. The molecule has 0 aliphatic rings. The number of hydrogen-bond acceptors (Lipinski definition) is 1. The lowest BCUT2D eigenvalue weighted by molar-refractivity contribution is 0.627. The molecule has 2 rings (SSSR count). The largest absolute Gasteiger partial charge is 0.353 e. The van der Waals surface area contributed by atoms with Gasteiger partial charge < -0.3 is 5.32 Å². The van der Waals surface area contributed by atoms with E-state index in [1.165, 1.54) is 18.2 Å². The maximum absolute atomic E-state index is 13.2. The van der Waals surface area contributed by atoms with Crippen molar-refractivity contribution in [3.63, 3.8) is 0 Å². The molecule has 0 amide bonds. The fourth-order valence-corrected chi connectivity index (χ4v) is 1.28. The van der Waals surface area contributed by atoms with Crippen LogP contribution in [0.2, 0.25) is 0 Å². The highest BCUT2D eigenvalue weighted by atomic mass is 19.1. The first-order chi connectivity index (χ1) is 7.25. The Bertz CT molecular complexity index is 469. The SMILES string of the molecule is Fc1cccc(Nc2ccccc2F)c1. The Kier molecular flexibility index (Phi) is 2.63. The second-order valence-electron chi connectivity index (χ2n) is 3.12. The number of anilines is 2. The lowest BCUT2D eigenvalue weighted by Gasteiger charge is -2.06. The standard InChI is InChI=1S/C12H9F2N/c13-9-4-3-5-10(8-9)15-12-7-2-1-6-11(12)14/h1-8,15H. The first-order valence-electron chi connectivity index (χ1n) is 4.53. The molecule has 0 fully saturated rings. The molecule has 0 saturated carbocycles. The molecule has 0 saturated heterocycles. The highest BCUT2D eigenvalue weighted by molar-refractivity contribution is 5.59. The first kappa shape index (κ1) is 9.65. The van der Waals surface area contributed by atoms with Crippen LogP contribution in [0.1, 0.15) is 0 Å². The maximum Gasteiger partial charge on any atom is 0.146 e. The minimum absolute atomic E-state index is 0.336. The van der Waals surface area contributed by atoms with Gasteiger partial charge in [-0.1, -0.05) is 18.2 Å². The third-order valence-electron chi connectivity index (χ3n) is 1.98. The molecule has 0 aliphatic heterocycles. The van der Waals surface area contributed by atoms with Crippen LogP contribution in [0.5, 0.6) is 0 Å². The molecule has 0 radical (unpaired) electrons. The average Bonchev–Trinajstić information content (AvgIpc) is 2.22. The second-order valence-corrected chi connectivity index (χ2v) is 3.12. The van der Waals surface area contributed by atoms with E-state index in [-0.39, 0.29) is 11.6 Å². The summed E-state index contributed by atoms with van der Waals surface area (Å²) in [6.07, 6.45) is 0. The molecule has 0 heterocycles. The molecular formula is C12H9F2N. The molecule has 2 aromatic carbocycles. The summed E-state index contributed by atoms with van der Waals surface area (Å²) in [6, 6.07) is 12.2. The lowest BCUT2D eigenvalue weighted by atomic mass is 10.2. The molecule has 76 valence electrons. The smallest absolute Gasteiger partial charge is 0.146 e. The van der Waals surface area contributed by atoms with Gasteiger partial charge in [0, 0.05) is 5.69 Å². The molecular weight excluding hydrogens is 196 g/mol. The van der Waals surface area contributed by atoms with Crippen molar-refractivity contribution < 1.29 is 8.78 Å². The van der Waals surface area contributed by atoms with Crippen LogP contribution in [0, 0.1) is 11.6 Å². The van der Waals surface area contributed by atoms with Crippen molar-refractivity contribution in [3.8, 4) is 0 Å². The van der Waals surface area contributed by atoms with Gasteiger partial charge in [-0.05, 0) is 30.3 Å². The maximum atomic E-state index is 13.2.